The van der Waals surface area contributed by atoms with E-state index in [1.54, 1.807) is 14.1 Å². The van der Waals surface area contributed by atoms with Crippen molar-refractivity contribution in [1.29, 1.82) is 0 Å². The van der Waals surface area contributed by atoms with Crippen molar-refractivity contribution < 1.29 is 9.90 Å². The highest BCUT2D eigenvalue weighted by molar-refractivity contribution is 5.76. The predicted octanol–water partition coefficient (Wildman–Crippen LogP) is 1.20. The first-order chi connectivity index (χ1) is 6.61. The molecule has 1 aromatic carbocycles. The van der Waals surface area contributed by atoms with E-state index in [1.807, 2.05) is 30.3 Å². The van der Waals surface area contributed by atoms with Crippen LogP contribution in [0.2, 0.25) is 0 Å². The Morgan fingerprint density at radius 2 is 1.93 bits per heavy atom. The Bertz CT molecular complexity index is 295. The molecule has 76 valence electrons. The quantitative estimate of drug-likeness (QED) is 0.783. The van der Waals surface area contributed by atoms with Crippen LogP contribution in [0.5, 0.6) is 0 Å². The lowest BCUT2D eigenvalue weighted by molar-refractivity contribution is -0.130. The minimum absolute atomic E-state index is 0.0682. The van der Waals surface area contributed by atoms with E-state index in [2.05, 4.69) is 0 Å². The highest BCUT2D eigenvalue weighted by Gasteiger charge is 2.13. The highest BCUT2D eigenvalue weighted by Crippen LogP contribution is 2.16. The van der Waals surface area contributed by atoms with Crippen molar-refractivity contribution in [3.63, 3.8) is 0 Å². The van der Waals surface area contributed by atoms with Crippen LogP contribution in [-0.2, 0) is 4.79 Å². The van der Waals surface area contributed by atoms with Crippen molar-refractivity contribution in [2.24, 2.45) is 0 Å². The zero-order valence-electron chi connectivity index (χ0n) is 8.47. The number of hydrogen-bond donors (Lipinski definition) is 1. The van der Waals surface area contributed by atoms with Gasteiger partial charge in [0.15, 0.2) is 0 Å². The molecule has 0 radical (unpaired) electrons. The molecule has 3 nitrogen and oxygen atoms in total. The van der Waals surface area contributed by atoms with Gasteiger partial charge in [0.25, 0.3) is 0 Å². The number of rotatable bonds is 3. The second-order valence-corrected chi connectivity index (χ2v) is 3.42. The van der Waals surface area contributed by atoms with E-state index in [4.69, 9.17) is 0 Å². The van der Waals surface area contributed by atoms with Gasteiger partial charge in [-0.3, -0.25) is 4.79 Å². The van der Waals surface area contributed by atoms with Crippen LogP contribution in [0.4, 0.5) is 0 Å². The molecular formula is C11H15NO2. The van der Waals surface area contributed by atoms with E-state index >= 15 is 0 Å². The molecule has 0 spiro atoms. The third-order valence-electron chi connectivity index (χ3n) is 2.05. The van der Waals surface area contributed by atoms with Crippen LogP contribution in [0.1, 0.15) is 18.1 Å². The number of carbonyl (C=O) groups excluding carboxylic acids is 1. The normalized spacial score (nSPS) is 12.2. The fourth-order valence-corrected chi connectivity index (χ4v) is 1.14. The number of aliphatic hydroxyl groups excluding tert-OH is 1. The van der Waals surface area contributed by atoms with Gasteiger partial charge in [-0.15, -0.1) is 0 Å². The summed E-state index contributed by atoms with van der Waals surface area (Å²) in [7, 11) is 3.36. The zero-order chi connectivity index (χ0) is 10.6. The first-order valence-electron chi connectivity index (χ1n) is 4.54. The number of aliphatic hydroxyl groups is 1. The molecule has 1 atom stereocenters. The van der Waals surface area contributed by atoms with Gasteiger partial charge in [0.05, 0.1) is 12.5 Å². The fourth-order valence-electron chi connectivity index (χ4n) is 1.14. The maximum Gasteiger partial charge on any atom is 0.225 e. The molecule has 0 unspecified atom stereocenters. The number of amides is 1. The number of hydrogen-bond acceptors (Lipinski definition) is 2. The molecule has 1 N–H and O–H groups in total. The maximum absolute atomic E-state index is 11.3. The summed E-state index contributed by atoms with van der Waals surface area (Å²) in [4.78, 5) is 12.8. The van der Waals surface area contributed by atoms with E-state index in [0.29, 0.717) is 0 Å². The minimum atomic E-state index is -0.703. The first-order valence-corrected chi connectivity index (χ1v) is 4.54. The lowest BCUT2D eigenvalue weighted by Gasteiger charge is -2.14. The topological polar surface area (TPSA) is 40.5 Å². The standard InChI is InChI=1S/C11H15NO2/c1-12(2)11(14)8-10(13)9-6-4-3-5-7-9/h3-7,10,13H,8H2,1-2H3/t10-/m0/s1. The van der Waals surface area contributed by atoms with Crippen LogP contribution in [-0.4, -0.2) is 30.0 Å². The molecule has 3 heteroatoms. The van der Waals surface area contributed by atoms with Gasteiger partial charge in [-0.1, -0.05) is 30.3 Å². The second-order valence-electron chi connectivity index (χ2n) is 3.42. The molecule has 1 rings (SSSR count). The summed E-state index contributed by atoms with van der Waals surface area (Å²) in [6.07, 6.45) is -0.567. The van der Waals surface area contributed by atoms with E-state index in [-0.39, 0.29) is 12.3 Å². The molecule has 1 amide bonds. The Hall–Kier alpha value is -1.35. The largest absolute Gasteiger partial charge is 0.388 e. The smallest absolute Gasteiger partial charge is 0.225 e. The lowest BCUT2D eigenvalue weighted by atomic mass is 10.1. The Kier molecular flexibility index (Phi) is 3.65. The highest BCUT2D eigenvalue weighted by atomic mass is 16.3. The van der Waals surface area contributed by atoms with Crippen molar-refractivity contribution in [3.05, 3.63) is 35.9 Å². The summed E-state index contributed by atoms with van der Waals surface area (Å²) < 4.78 is 0. The Morgan fingerprint density at radius 1 is 1.36 bits per heavy atom. The monoisotopic (exact) mass is 193 g/mol. The molecule has 0 aliphatic rings. The summed E-state index contributed by atoms with van der Waals surface area (Å²) in [5.41, 5.74) is 0.780. The third kappa shape index (κ3) is 2.85. The van der Waals surface area contributed by atoms with Crippen molar-refractivity contribution in [3.8, 4) is 0 Å². The average Bonchev–Trinajstić information content (AvgIpc) is 2.19. The van der Waals surface area contributed by atoms with E-state index in [1.165, 1.54) is 4.90 Å². The molecule has 0 bridgehead atoms. The third-order valence-corrected chi connectivity index (χ3v) is 2.05. The molecule has 1 aromatic rings. The molecule has 14 heavy (non-hydrogen) atoms. The van der Waals surface area contributed by atoms with Gasteiger partial charge in [0.1, 0.15) is 0 Å². The van der Waals surface area contributed by atoms with Gasteiger partial charge in [0, 0.05) is 14.1 Å². The molecule has 0 aromatic heterocycles. The molecule has 0 fully saturated rings. The fraction of sp³-hybridized carbons (Fsp3) is 0.364. The predicted molar refractivity (Wildman–Crippen MR) is 54.7 cm³/mol. The van der Waals surface area contributed by atoms with Crippen LogP contribution >= 0.6 is 0 Å². The van der Waals surface area contributed by atoms with E-state index in [0.717, 1.165) is 5.56 Å². The Balaban J connectivity index is 2.59. The summed E-state index contributed by atoms with van der Waals surface area (Å²) in [5.74, 6) is -0.0682. The summed E-state index contributed by atoms with van der Waals surface area (Å²) in [6.45, 7) is 0. The van der Waals surface area contributed by atoms with Gasteiger partial charge in [0.2, 0.25) is 5.91 Å². The van der Waals surface area contributed by atoms with Gasteiger partial charge in [-0.2, -0.15) is 0 Å². The summed E-state index contributed by atoms with van der Waals surface area (Å²) >= 11 is 0. The van der Waals surface area contributed by atoms with Gasteiger partial charge in [-0.25, -0.2) is 0 Å². The van der Waals surface area contributed by atoms with Gasteiger partial charge in [-0.05, 0) is 5.56 Å². The molecule has 0 saturated carbocycles. The molecular weight excluding hydrogens is 178 g/mol. The Morgan fingerprint density at radius 3 is 2.43 bits per heavy atom. The minimum Gasteiger partial charge on any atom is -0.388 e. The average molecular weight is 193 g/mol. The van der Waals surface area contributed by atoms with E-state index in [9.17, 15) is 9.90 Å². The van der Waals surface area contributed by atoms with Gasteiger partial charge < -0.3 is 10.0 Å². The summed E-state index contributed by atoms with van der Waals surface area (Å²) in [5, 5.41) is 9.69. The van der Waals surface area contributed by atoms with Gasteiger partial charge >= 0.3 is 0 Å². The van der Waals surface area contributed by atoms with Crippen LogP contribution in [0.3, 0.4) is 0 Å². The zero-order valence-corrected chi connectivity index (χ0v) is 8.47. The Labute approximate surface area is 84.0 Å². The van der Waals surface area contributed by atoms with Crippen molar-refractivity contribution in [1.82, 2.24) is 4.90 Å². The molecule has 0 aliphatic carbocycles. The maximum atomic E-state index is 11.3. The lowest BCUT2D eigenvalue weighted by Crippen LogP contribution is -2.23. The summed E-state index contributed by atoms with van der Waals surface area (Å²) in [6, 6.07) is 9.20. The molecule has 0 heterocycles. The van der Waals surface area contributed by atoms with Crippen LogP contribution < -0.4 is 0 Å². The van der Waals surface area contributed by atoms with Crippen LogP contribution in [0, 0.1) is 0 Å². The first kappa shape index (κ1) is 10.7. The van der Waals surface area contributed by atoms with Crippen LogP contribution in [0.25, 0.3) is 0 Å². The second kappa shape index (κ2) is 4.77. The van der Waals surface area contributed by atoms with Crippen molar-refractivity contribution in [2.45, 2.75) is 12.5 Å². The SMILES string of the molecule is CN(C)C(=O)C[C@H](O)c1ccccc1. The van der Waals surface area contributed by atoms with Crippen molar-refractivity contribution in [2.75, 3.05) is 14.1 Å². The van der Waals surface area contributed by atoms with Crippen molar-refractivity contribution >= 4 is 5.91 Å². The van der Waals surface area contributed by atoms with E-state index < -0.39 is 6.10 Å². The molecule has 0 aliphatic heterocycles. The molecule has 0 saturated heterocycles. The number of nitrogens with zero attached hydrogens (tertiary/aromatic N) is 1. The number of benzene rings is 1. The number of carbonyl (C=O) groups is 1. The van der Waals surface area contributed by atoms with Crippen LogP contribution in [0.15, 0.2) is 30.3 Å².